The highest BCUT2D eigenvalue weighted by molar-refractivity contribution is 5.33. The monoisotopic (exact) mass is 280 g/mol. The highest BCUT2D eigenvalue weighted by Crippen LogP contribution is 2.44. The maximum Gasteiger partial charge on any atom is 0.0647 e. The number of hydrogen-bond donors (Lipinski definition) is 1. The number of rotatable bonds is 4. The van der Waals surface area contributed by atoms with E-state index in [-0.39, 0.29) is 17.6 Å². The molecule has 1 fully saturated rings. The summed E-state index contributed by atoms with van der Waals surface area (Å²) in [6.07, 6.45) is 1.24. The predicted octanol–water partition coefficient (Wildman–Crippen LogP) is 3.79. The molecule has 0 saturated carbocycles. The molecule has 3 rings (SSSR count). The highest BCUT2D eigenvalue weighted by Gasteiger charge is 2.48. The molecule has 0 spiro atoms. The van der Waals surface area contributed by atoms with E-state index in [0.29, 0.717) is 0 Å². The maximum absolute atomic E-state index is 6.51. The second-order valence-corrected chi connectivity index (χ2v) is 6.35. The number of likely N-dealkylation sites (tertiary alicyclic amines) is 1. The smallest absolute Gasteiger partial charge is 0.0647 e. The van der Waals surface area contributed by atoms with Crippen LogP contribution in [0.4, 0.5) is 0 Å². The van der Waals surface area contributed by atoms with Gasteiger partial charge in [0.1, 0.15) is 0 Å². The van der Waals surface area contributed by atoms with Crippen LogP contribution in [-0.4, -0.2) is 17.6 Å². The molecule has 21 heavy (non-hydrogen) atoms. The van der Waals surface area contributed by atoms with E-state index in [4.69, 9.17) is 5.73 Å². The lowest BCUT2D eigenvalue weighted by atomic mass is 9.73. The van der Waals surface area contributed by atoms with Crippen LogP contribution in [0.3, 0.4) is 0 Å². The Hall–Kier alpha value is -1.64. The summed E-state index contributed by atoms with van der Waals surface area (Å²) in [5.74, 6) is 0. The van der Waals surface area contributed by atoms with Gasteiger partial charge in [-0.05, 0) is 17.5 Å². The summed E-state index contributed by atoms with van der Waals surface area (Å²) in [6.45, 7) is 5.58. The molecule has 2 aromatic carbocycles. The molecule has 1 aliphatic heterocycles. The Morgan fingerprint density at radius 2 is 1.52 bits per heavy atom. The summed E-state index contributed by atoms with van der Waals surface area (Å²) in [4.78, 5) is 2.42. The van der Waals surface area contributed by atoms with Gasteiger partial charge < -0.3 is 5.73 Å². The van der Waals surface area contributed by atoms with Gasteiger partial charge in [0, 0.05) is 12.0 Å². The normalized spacial score (nSPS) is 25.8. The lowest BCUT2D eigenvalue weighted by molar-refractivity contribution is -0.0814. The van der Waals surface area contributed by atoms with Gasteiger partial charge in [-0.2, -0.15) is 0 Å². The first-order valence-corrected chi connectivity index (χ1v) is 7.77. The van der Waals surface area contributed by atoms with Crippen molar-refractivity contribution >= 4 is 0 Å². The average molecular weight is 280 g/mol. The minimum absolute atomic E-state index is 0.118. The Morgan fingerprint density at radius 1 is 1.05 bits per heavy atom. The van der Waals surface area contributed by atoms with Crippen LogP contribution in [0.2, 0.25) is 0 Å². The van der Waals surface area contributed by atoms with Gasteiger partial charge in [-0.1, -0.05) is 74.5 Å². The van der Waals surface area contributed by atoms with E-state index in [1.54, 1.807) is 0 Å². The molecule has 2 heteroatoms. The van der Waals surface area contributed by atoms with Crippen molar-refractivity contribution in [2.75, 3.05) is 6.54 Å². The van der Waals surface area contributed by atoms with Crippen molar-refractivity contribution in [3.05, 3.63) is 71.8 Å². The lowest BCUT2D eigenvalue weighted by Gasteiger charge is -2.57. The molecule has 1 saturated heterocycles. The van der Waals surface area contributed by atoms with E-state index >= 15 is 0 Å². The third kappa shape index (κ3) is 2.50. The van der Waals surface area contributed by atoms with E-state index in [1.807, 2.05) is 0 Å². The van der Waals surface area contributed by atoms with Gasteiger partial charge in [0.15, 0.2) is 0 Å². The van der Waals surface area contributed by atoms with Gasteiger partial charge in [-0.3, -0.25) is 4.90 Å². The van der Waals surface area contributed by atoms with Gasteiger partial charge in [0.2, 0.25) is 0 Å². The summed E-state index contributed by atoms with van der Waals surface area (Å²) in [5, 5.41) is 0. The maximum atomic E-state index is 6.51. The second kappa shape index (κ2) is 5.63. The van der Waals surface area contributed by atoms with Crippen LogP contribution >= 0.6 is 0 Å². The molecule has 0 bridgehead atoms. The predicted molar refractivity (Wildman–Crippen MR) is 87.8 cm³/mol. The molecular formula is C19H24N2. The first kappa shape index (κ1) is 14.3. The van der Waals surface area contributed by atoms with Crippen LogP contribution in [0.15, 0.2) is 60.7 Å². The fourth-order valence-corrected chi connectivity index (χ4v) is 3.32. The summed E-state index contributed by atoms with van der Waals surface area (Å²) in [7, 11) is 0. The Morgan fingerprint density at radius 3 is 1.90 bits per heavy atom. The number of benzene rings is 2. The molecule has 1 heterocycles. The van der Waals surface area contributed by atoms with Crippen molar-refractivity contribution in [3.63, 3.8) is 0 Å². The van der Waals surface area contributed by atoms with E-state index < -0.39 is 0 Å². The SMILES string of the molecule is CCC1(C)CN(C(c2ccccc2)c2ccccc2)C1N. The standard InChI is InChI=1S/C19H24N2/c1-3-19(2)14-21(18(19)20)17(15-10-6-4-7-11-15)16-12-8-5-9-13-16/h4-13,17-18H,3,14,20H2,1-2H3. The largest absolute Gasteiger partial charge is 0.315 e. The zero-order valence-corrected chi connectivity index (χ0v) is 12.9. The van der Waals surface area contributed by atoms with Gasteiger partial charge in [-0.25, -0.2) is 0 Å². The third-order valence-corrected chi connectivity index (χ3v) is 4.99. The van der Waals surface area contributed by atoms with Crippen LogP contribution in [0, 0.1) is 5.41 Å². The minimum atomic E-state index is 0.118. The minimum Gasteiger partial charge on any atom is -0.315 e. The molecule has 0 radical (unpaired) electrons. The Balaban J connectivity index is 1.96. The fraction of sp³-hybridized carbons (Fsp3) is 0.368. The second-order valence-electron chi connectivity index (χ2n) is 6.35. The molecule has 0 aromatic heterocycles. The molecule has 0 aliphatic carbocycles. The Labute approximate surface area is 127 Å². The molecule has 2 atom stereocenters. The lowest BCUT2D eigenvalue weighted by Crippen LogP contribution is -2.68. The highest BCUT2D eigenvalue weighted by atomic mass is 15.3. The quantitative estimate of drug-likeness (QED) is 0.923. The average Bonchev–Trinajstić information content (AvgIpc) is 2.56. The van der Waals surface area contributed by atoms with Crippen LogP contribution in [0.25, 0.3) is 0 Å². The Bertz CT molecular complexity index is 542. The molecule has 110 valence electrons. The number of hydrogen-bond acceptors (Lipinski definition) is 2. The van der Waals surface area contributed by atoms with Gasteiger partial charge in [0.25, 0.3) is 0 Å². The van der Waals surface area contributed by atoms with Crippen molar-refractivity contribution in [1.82, 2.24) is 4.90 Å². The topological polar surface area (TPSA) is 29.3 Å². The van der Waals surface area contributed by atoms with E-state index in [2.05, 4.69) is 79.4 Å². The van der Waals surface area contributed by atoms with Gasteiger partial charge >= 0.3 is 0 Å². The Kier molecular flexibility index (Phi) is 3.83. The summed E-state index contributed by atoms with van der Waals surface area (Å²) in [6, 6.07) is 21.6. The molecule has 2 nitrogen and oxygen atoms in total. The molecular weight excluding hydrogens is 256 g/mol. The van der Waals surface area contributed by atoms with E-state index in [9.17, 15) is 0 Å². The van der Waals surface area contributed by atoms with Crippen molar-refractivity contribution in [3.8, 4) is 0 Å². The van der Waals surface area contributed by atoms with Gasteiger partial charge in [0.05, 0.1) is 12.2 Å². The van der Waals surface area contributed by atoms with Crippen molar-refractivity contribution in [2.45, 2.75) is 32.5 Å². The molecule has 2 unspecified atom stereocenters. The summed E-state index contributed by atoms with van der Waals surface area (Å²) >= 11 is 0. The van der Waals surface area contributed by atoms with Crippen LogP contribution in [-0.2, 0) is 0 Å². The zero-order chi connectivity index (χ0) is 14.9. The van der Waals surface area contributed by atoms with Crippen molar-refractivity contribution in [2.24, 2.45) is 11.1 Å². The number of nitrogens with zero attached hydrogens (tertiary/aromatic N) is 1. The molecule has 2 aromatic rings. The summed E-state index contributed by atoms with van der Waals surface area (Å²) < 4.78 is 0. The fourth-order valence-electron chi connectivity index (χ4n) is 3.32. The molecule has 1 aliphatic rings. The summed E-state index contributed by atoms with van der Waals surface area (Å²) in [5.41, 5.74) is 9.39. The van der Waals surface area contributed by atoms with Crippen molar-refractivity contribution in [1.29, 1.82) is 0 Å². The van der Waals surface area contributed by atoms with E-state index in [1.165, 1.54) is 11.1 Å². The van der Waals surface area contributed by atoms with Crippen LogP contribution in [0.5, 0.6) is 0 Å². The zero-order valence-electron chi connectivity index (χ0n) is 12.9. The molecule has 2 N–H and O–H groups in total. The first-order chi connectivity index (χ1) is 10.2. The van der Waals surface area contributed by atoms with Crippen LogP contribution < -0.4 is 5.73 Å². The third-order valence-electron chi connectivity index (χ3n) is 4.99. The first-order valence-electron chi connectivity index (χ1n) is 7.77. The molecule has 0 amide bonds. The van der Waals surface area contributed by atoms with Crippen LogP contribution in [0.1, 0.15) is 37.4 Å². The van der Waals surface area contributed by atoms with E-state index in [0.717, 1.165) is 13.0 Å². The van der Waals surface area contributed by atoms with Crippen molar-refractivity contribution < 1.29 is 0 Å². The van der Waals surface area contributed by atoms with Gasteiger partial charge in [-0.15, -0.1) is 0 Å². The number of nitrogens with two attached hydrogens (primary N) is 1.